The molecule has 2 heterocycles. The van der Waals surface area contributed by atoms with Crippen molar-refractivity contribution < 1.29 is 4.39 Å². The quantitative estimate of drug-likeness (QED) is 0.617. The predicted molar refractivity (Wildman–Crippen MR) is 41.3 cm³/mol. The molecule has 0 radical (unpaired) electrons. The van der Waals surface area contributed by atoms with Gasteiger partial charge < -0.3 is 9.55 Å². The standard InChI is InChI=1S/C7H6FN3O/c1-11-3-4-5(8)2-9-6(4)10-7(11)12/h2-3H,1H3,(H,9,10,12). The first-order chi connectivity index (χ1) is 5.68. The average Bonchev–Trinajstić information content (AvgIpc) is 2.35. The first-order valence-electron chi connectivity index (χ1n) is 3.39. The first-order valence-corrected chi connectivity index (χ1v) is 3.39. The largest absolute Gasteiger partial charge is 0.349 e. The van der Waals surface area contributed by atoms with E-state index in [4.69, 9.17) is 0 Å². The summed E-state index contributed by atoms with van der Waals surface area (Å²) in [5.74, 6) is -0.395. The van der Waals surface area contributed by atoms with Crippen LogP contribution in [0.2, 0.25) is 0 Å². The molecule has 0 spiro atoms. The van der Waals surface area contributed by atoms with Crippen molar-refractivity contribution in [3.05, 3.63) is 28.7 Å². The second-order valence-electron chi connectivity index (χ2n) is 2.53. The number of fused-ring (bicyclic) bond motifs is 1. The summed E-state index contributed by atoms with van der Waals surface area (Å²) in [7, 11) is 1.53. The molecule has 0 amide bonds. The number of aromatic amines is 1. The summed E-state index contributed by atoms with van der Waals surface area (Å²) in [6.45, 7) is 0. The van der Waals surface area contributed by atoms with Crippen molar-refractivity contribution in [3.8, 4) is 0 Å². The van der Waals surface area contributed by atoms with E-state index in [1.165, 1.54) is 24.0 Å². The highest BCUT2D eigenvalue weighted by Crippen LogP contribution is 2.10. The Balaban J connectivity index is 2.97. The normalized spacial score (nSPS) is 10.8. The zero-order valence-corrected chi connectivity index (χ0v) is 6.34. The molecule has 2 rings (SSSR count). The number of aryl methyl sites for hydroxylation is 1. The van der Waals surface area contributed by atoms with Gasteiger partial charge in [0, 0.05) is 19.4 Å². The fraction of sp³-hybridized carbons (Fsp3) is 0.143. The molecule has 1 N–H and O–H groups in total. The maximum atomic E-state index is 12.9. The third-order valence-corrected chi connectivity index (χ3v) is 1.68. The van der Waals surface area contributed by atoms with Crippen LogP contribution in [0.5, 0.6) is 0 Å². The third-order valence-electron chi connectivity index (χ3n) is 1.68. The molecular weight excluding hydrogens is 161 g/mol. The molecule has 4 nitrogen and oxygen atoms in total. The number of hydrogen-bond acceptors (Lipinski definition) is 2. The van der Waals surface area contributed by atoms with E-state index in [9.17, 15) is 9.18 Å². The average molecular weight is 167 g/mol. The van der Waals surface area contributed by atoms with Gasteiger partial charge in [0.1, 0.15) is 5.65 Å². The first kappa shape index (κ1) is 7.02. The lowest BCUT2D eigenvalue weighted by atomic mass is 10.4. The molecule has 0 saturated heterocycles. The van der Waals surface area contributed by atoms with Crippen molar-refractivity contribution in [1.82, 2.24) is 14.5 Å². The Morgan fingerprint density at radius 2 is 2.42 bits per heavy atom. The lowest BCUT2D eigenvalue weighted by Crippen LogP contribution is -2.18. The van der Waals surface area contributed by atoms with E-state index in [2.05, 4.69) is 9.97 Å². The summed E-state index contributed by atoms with van der Waals surface area (Å²) < 4.78 is 14.1. The summed E-state index contributed by atoms with van der Waals surface area (Å²) in [5.41, 5.74) is -0.111. The lowest BCUT2D eigenvalue weighted by molar-refractivity contribution is 0.638. The van der Waals surface area contributed by atoms with Gasteiger partial charge in [-0.3, -0.25) is 0 Å². The molecule has 0 unspecified atom stereocenters. The Morgan fingerprint density at radius 3 is 3.17 bits per heavy atom. The van der Waals surface area contributed by atoms with E-state index >= 15 is 0 Å². The molecule has 2 aromatic heterocycles. The summed E-state index contributed by atoms with van der Waals surface area (Å²) in [6, 6.07) is 0. The van der Waals surface area contributed by atoms with Gasteiger partial charge in [-0.2, -0.15) is 4.98 Å². The number of aromatic nitrogens is 3. The molecule has 12 heavy (non-hydrogen) atoms. The van der Waals surface area contributed by atoms with Crippen molar-refractivity contribution in [2.45, 2.75) is 0 Å². The minimum atomic E-state index is -0.399. The van der Waals surface area contributed by atoms with Crippen LogP contribution in [0.15, 0.2) is 17.2 Å². The van der Waals surface area contributed by atoms with Crippen molar-refractivity contribution in [2.24, 2.45) is 7.05 Å². The van der Waals surface area contributed by atoms with Crippen molar-refractivity contribution in [2.75, 3.05) is 0 Å². The minimum Gasteiger partial charge on any atom is -0.343 e. The number of nitrogens with zero attached hydrogens (tertiary/aromatic N) is 2. The second kappa shape index (κ2) is 2.17. The van der Waals surface area contributed by atoms with Crippen LogP contribution in [-0.2, 0) is 7.05 Å². The van der Waals surface area contributed by atoms with Gasteiger partial charge in [-0.05, 0) is 0 Å². The van der Waals surface area contributed by atoms with Crippen LogP contribution in [0, 0.1) is 5.82 Å². The van der Waals surface area contributed by atoms with E-state index < -0.39 is 11.5 Å². The van der Waals surface area contributed by atoms with Gasteiger partial charge in [0.05, 0.1) is 5.39 Å². The molecule has 0 saturated carbocycles. The van der Waals surface area contributed by atoms with Gasteiger partial charge in [0.25, 0.3) is 0 Å². The van der Waals surface area contributed by atoms with Crippen LogP contribution < -0.4 is 5.69 Å². The third kappa shape index (κ3) is 0.827. The van der Waals surface area contributed by atoms with E-state index in [-0.39, 0.29) is 5.65 Å². The number of H-pyrrole nitrogens is 1. The smallest absolute Gasteiger partial charge is 0.343 e. The number of rotatable bonds is 0. The van der Waals surface area contributed by atoms with Crippen LogP contribution in [0.25, 0.3) is 11.0 Å². The Hall–Kier alpha value is -1.65. The Labute approximate surface area is 66.7 Å². The van der Waals surface area contributed by atoms with E-state index in [1.54, 1.807) is 0 Å². The summed E-state index contributed by atoms with van der Waals surface area (Å²) >= 11 is 0. The topological polar surface area (TPSA) is 50.7 Å². The number of halogens is 1. The maximum absolute atomic E-state index is 12.9. The molecule has 0 aliphatic rings. The molecule has 0 aliphatic heterocycles. The van der Waals surface area contributed by atoms with Gasteiger partial charge >= 0.3 is 5.69 Å². The molecule has 0 aromatic carbocycles. The fourth-order valence-corrected chi connectivity index (χ4v) is 1.04. The van der Waals surface area contributed by atoms with Crippen molar-refractivity contribution in [1.29, 1.82) is 0 Å². The zero-order valence-electron chi connectivity index (χ0n) is 6.34. The lowest BCUT2D eigenvalue weighted by Gasteiger charge is -1.93. The summed E-state index contributed by atoms with van der Waals surface area (Å²) in [4.78, 5) is 17.1. The maximum Gasteiger partial charge on any atom is 0.349 e. The van der Waals surface area contributed by atoms with Crippen molar-refractivity contribution in [3.63, 3.8) is 0 Å². The highest BCUT2D eigenvalue weighted by molar-refractivity contribution is 5.74. The Morgan fingerprint density at radius 1 is 1.67 bits per heavy atom. The Bertz CT molecular complexity index is 485. The van der Waals surface area contributed by atoms with E-state index in [0.717, 1.165) is 0 Å². The van der Waals surface area contributed by atoms with Crippen LogP contribution in [0.1, 0.15) is 0 Å². The van der Waals surface area contributed by atoms with Crippen LogP contribution >= 0.6 is 0 Å². The second-order valence-corrected chi connectivity index (χ2v) is 2.53. The highest BCUT2D eigenvalue weighted by atomic mass is 19.1. The monoisotopic (exact) mass is 167 g/mol. The molecule has 0 atom stereocenters. The SMILES string of the molecule is Cn1cc2c(F)c[nH]c2nc1=O. The zero-order chi connectivity index (χ0) is 8.72. The van der Waals surface area contributed by atoms with E-state index in [1.807, 2.05) is 0 Å². The molecular formula is C7H6FN3O. The molecule has 0 fully saturated rings. The van der Waals surface area contributed by atoms with Crippen LogP contribution in [-0.4, -0.2) is 14.5 Å². The summed E-state index contributed by atoms with van der Waals surface area (Å²) in [6.07, 6.45) is 2.59. The fourth-order valence-electron chi connectivity index (χ4n) is 1.04. The molecule has 5 heteroatoms. The van der Waals surface area contributed by atoms with Gasteiger partial charge in [-0.25, -0.2) is 9.18 Å². The number of hydrogen-bond donors (Lipinski definition) is 1. The molecule has 0 aliphatic carbocycles. The van der Waals surface area contributed by atoms with E-state index in [0.29, 0.717) is 5.39 Å². The predicted octanol–water partition coefficient (Wildman–Crippen LogP) is 0.401. The molecule has 62 valence electrons. The van der Waals surface area contributed by atoms with Gasteiger partial charge in [0.15, 0.2) is 5.82 Å². The van der Waals surface area contributed by atoms with Gasteiger partial charge in [0.2, 0.25) is 0 Å². The minimum absolute atomic E-state index is 0.288. The summed E-state index contributed by atoms with van der Waals surface area (Å²) in [5, 5.41) is 0.331. The van der Waals surface area contributed by atoms with Crippen LogP contribution in [0.4, 0.5) is 4.39 Å². The molecule has 0 bridgehead atoms. The van der Waals surface area contributed by atoms with Crippen molar-refractivity contribution >= 4 is 11.0 Å². The Kier molecular flexibility index (Phi) is 1.27. The number of nitrogens with one attached hydrogen (secondary N) is 1. The van der Waals surface area contributed by atoms with Gasteiger partial charge in [-0.1, -0.05) is 0 Å². The highest BCUT2D eigenvalue weighted by Gasteiger charge is 2.04. The molecule has 2 aromatic rings. The van der Waals surface area contributed by atoms with Crippen LogP contribution in [0.3, 0.4) is 0 Å². The van der Waals surface area contributed by atoms with Gasteiger partial charge in [-0.15, -0.1) is 0 Å².